The molecule has 0 bridgehead atoms. The highest BCUT2D eigenvalue weighted by Crippen LogP contribution is 2.34. The van der Waals surface area contributed by atoms with Crippen molar-refractivity contribution in [1.82, 2.24) is 15.3 Å². The molecule has 0 radical (unpaired) electrons. The first-order chi connectivity index (χ1) is 12.0. The van der Waals surface area contributed by atoms with Crippen LogP contribution >= 0.6 is 34.5 Å². The number of alkyl halides is 1. The lowest BCUT2D eigenvalue weighted by Gasteiger charge is -2.08. The highest BCUT2D eigenvalue weighted by Gasteiger charge is 2.19. The molecular weight excluding hydrogens is 386 g/mol. The van der Waals surface area contributed by atoms with Crippen LogP contribution in [-0.4, -0.2) is 28.3 Å². The second-order valence-corrected chi connectivity index (χ2v) is 6.94. The van der Waals surface area contributed by atoms with Crippen LogP contribution in [0.15, 0.2) is 24.5 Å². The molecule has 25 heavy (non-hydrogen) atoms. The highest BCUT2D eigenvalue weighted by molar-refractivity contribution is 7.20. The maximum absolute atomic E-state index is 13.3. The summed E-state index contributed by atoms with van der Waals surface area (Å²) in [6.45, 7) is 2.22. The number of fused-ring (bicyclic) bond motifs is 1. The van der Waals surface area contributed by atoms with Crippen LogP contribution < -0.4 is 10.6 Å². The Morgan fingerprint density at radius 3 is 2.88 bits per heavy atom. The summed E-state index contributed by atoms with van der Waals surface area (Å²) in [6.07, 6.45) is 1.41. The normalized spacial score (nSPS) is 10.9. The van der Waals surface area contributed by atoms with Crippen molar-refractivity contribution in [2.45, 2.75) is 6.92 Å². The summed E-state index contributed by atoms with van der Waals surface area (Å²) < 4.78 is 13.3. The molecule has 2 N–H and O–H groups in total. The molecule has 1 aromatic carbocycles. The van der Waals surface area contributed by atoms with E-state index in [0.29, 0.717) is 33.6 Å². The Labute approximate surface area is 157 Å². The first-order valence-electron chi connectivity index (χ1n) is 7.31. The van der Waals surface area contributed by atoms with Crippen LogP contribution in [0.2, 0.25) is 5.02 Å². The largest absolute Gasteiger partial charge is 0.350 e. The van der Waals surface area contributed by atoms with E-state index < -0.39 is 5.82 Å². The SMILES string of the molecule is Cc1c(C(=O)NCCCl)sc2ncnc(Nc3ccc(F)c(Cl)c3)c12. The molecule has 2 heterocycles. The Morgan fingerprint density at radius 1 is 1.36 bits per heavy atom. The number of nitrogens with zero attached hydrogens (tertiary/aromatic N) is 2. The Kier molecular flexibility index (Phi) is 5.36. The number of anilines is 2. The Balaban J connectivity index is 2.00. The van der Waals surface area contributed by atoms with Crippen molar-refractivity contribution in [2.24, 2.45) is 0 Å². The standard InChI is InChI=1S/C16H13Cl2FN4OS/c1-8-12-14(23-9-2-3-11(19)10(18)6-9)21-7-22-16(12)25-13(8)15(24)20-5-4-17/h2-3,6-7H,4-5H2,1H3,(H,20,24)(H,21,22,23). The van der Waals surface area contributed by atoms with Crippen LogP contribution in [0.4, 0.5) is 15.9 Å². The minimum atomic E-state index is -0.495. The summed E-state index contributed by atoms with van der Waals surface area (Å²) in [5.74, 6) is 0.174. The third-order valence-corrected chi connectivity index (χ3v) is 5.17. The van der Waals surface area contributed by atoms with Gasteiger partial charge in [-0.2, -0.15) is 0 Å². The van der Waals surface area contributed by atoms with E-state index in [-0.39, 0.29) is 10.9 Å². The van der Waals surface area contributed by atoms with Gasteiger partial charge >= 0.3 is 0 Å². The summed E-state index contributed by atoms with van der Waals surface area (Å²) in [6, 6.07) is 4.31. The van der Waals surface area contributed by atoms with Crippen molar-refractivity contribution < 1.29 is 9.18 Å². The van der Waals surface area contributed by atoms with Gasteiger partial charge in [-0.1, -0.05) is 11.6 Å². The van der Waals surface area contributed by atoms with Crippen LogP contribution in [0.1, 0.15) is 15.2 Å². The number of aromatic nitrogens is 2. The van der Waals surface area contributed by atoms with Crippen molar-refractivity contribution in [1.29, 1.82) is 0 Å². The lowest BCUT2D eigenvalue weighted by Crippen LogP contribution is -2.24. The first kappa shape index (κ1) is 17.8. The summed E-state index contributed by atoms with van der Waals surface area (Å²) in [5.41, 5.74) is 1.36. The molecule has 0 aliphatic heterocycles. The molecular formula is C16H13Cl2FN4OS. The molecule has 130 valence electrons. The molecule has 9 heteroatoms. The zero-order chi connectivity index (χ0) is 18.0. The Bertz CT molecular complexity index is 947. The molecule has 0 unspecified atom stereocenters. The molecule has 0 fully saturated rings. The molecule has 0 saturated heterocycles. The number of aryl methyl sites for hydroxylation is 1. The summed E-state index contributed by atoms with van der Waals surface area (Å²) in [7, 11) is 0. The summed E-state index contributed by atoms with van der Waals surface area (Å²) >= 11 is 12.7. The Hall–Kier alpha value is -1.96. The van der Waals surface area contributed by atoms with Gasteiger partial charge in [-0.15, -0.1) is 22.9 Å². The maximum Gasteiger partial charge on any atom is 0.261 e. The van der Waals surface area contributed by atoms with Gasteiger partial charge in [0.2, 0.25) is 0 Å². The minimum absolute atomic E-state index is 0.0125. The van der Waals surface area contributed by atoms with Crippen LogP contribution in [0, 0.1) is 12.7 Å². The number of carbonyl (C=O) groups excluding carboxylic acids is 1. The predicted octanol–water partition coefficient (Wildman–Crippen LogP) is 4.50. The number of hydrogen-bond acceptors (Lipinski definition) is 5. The number of amides is 1. The number of halogens is 3. The fourth-order valence-electron chi connectivity index (χ4n) is 2.33. The predicted molar refractivity (Wildman–Crippen MR) is 99.9 cm³/mol. The smallest absolute Gasteiger partial charge is 0.261 e. The fraction of sp³-hybridized carbons (Fsp3) is 0.188. The van der Waals surface area contributed by atoms with E-state index >= 15 is 0 Å². The molecule has 3 aromatic rings. The quantitative estimate of drug-likeness (QED) is 0.620. The van der Waals surface area contributed by atoms with Crippen LogP contribution in [0.3, 0.4) is 0 Å². The van der Waals surface area contributed by atoms with Crippen LogP contribution in [0.25, 0.3) is 10.2 Å². The molecule has 2 aromatic heterocycles. The van der Waals surface area contributed by atoms with E-state index in [9.17, 15) is 9.18 Å². The van der Waals surface area contributed by atoms with Gasteiger partial charge in [0.1, 0.15) is 22.8 Å². The van der Waals surface area contributed by atoms with Crippen molar-refractivity contribution in [3.8, 4) is 0 Å². The van der Waals surface area contributed by atoms with Gasteiger partial charge in [0.15, 0.2) is 0 Å². The monoisotopic (exact) mass is 398 g/mol. The number of carbonyl (C=O) groups is 1. The zero-order valence-corrected chi connectivity index (χ0v) is 15.4. The van der Waals surface area contributed by atoms with E-state index in [4.69, 9.17) is 23.2 Å². The van der Waals surface area contributed by atoms with Crippen molar-refractivity contribution >= 4 is 62.2 Å². The van der Waals surface area contributed by atoms with Gasteiger partial charge in [0.05, 0.1) is 15.3 Å². The average molecular weight is 399 g/mol. The van der Waals surface area contributed by atoms with E-state index in [1.165, 1.54) is 29.8 Å². The van der Waals surface area contributed by atoms with Crippen LogP contribution in [0.5, 0.6) is 0 Å². The molecule has 0 atom stereocenters. The molecule has 0 saturated carbocycles. The van der Waals surface area contributed by atoms with Crippen molar-refractivity contribution in [2.75, 3.05) is 17.7 Å². The number of rotatable bonds is 5. The van der Waals surface area contributed by atoms with Crippen molar-refractivity contribution in [3.63, 3.8) is 0 Å². The third-order valence-electron chi connectivity index (χ3n) is 3.50. The second kappa shape index (κ2) is 7.51. The molecule has 0 aliphatic rings. The Morgan fingerprint density at radius 2 is 2.16 bits per heavy atom. The molecule has 5 nitrogen and oxygen atoms in total. The van der Waals surface area contributed by atoms with Crippen LogP contribution in [-0.2, 0) is 0 Å². The molecule has 3 rings (SSSR count). The molecule has 0 spiro atoms. The van der Waals surface area contributed by atoms with E-state index in [1.54, 1.807) is 6.07 Å². The number of nitrogens with one attached hydrogen (secondary N) is 2. The van der Waals surface area contributed by atoms with Gasteiger partial charge in [-0.05, 0) is 30.7 Å². The third kappa shape index (κ3) is 3.68. The lowest BCUT2D eigenvalue weighted by molar-refractivity contribution is 0.0959. The second-order valence-electron chi connectivity index (χ2n) is 5.16. The molecule has 1 amide bonds. The summed E-state index contributed by atoms with van der Waals surface area (Å²) in [4.78, 5) is 22.0. The fourth-order valence-corrected chi connectivity index (χ4v) is 3.67. The average Bonchev–Trinajstić information content (AvgIpc) is 2.94. The van der Waals surface area contributed by atoms with Gasteiger partial charge in [0, 0.05) is 18.1 Å². The highest BCUT2D eigenvalue weighted by atomic mass is 35.5. The lowest BCUT2D eigenvalue weighted by atomic mass is 10.2. The van der Waals surface area contributed by atoms with Gasteiger partial charge in [-0.25, -0.2) is 14.4 Å². The number of hydrogen-bond donors (Lipinski definition) is 2. The van der Waals surface area contributed by atoms with E-state index in [0.717, 1.165) is 10.9 Å². The topological polar surface area (TPSA) is 66.9 Å². The number of thiophene rings is 1. The van der Waals surface area contributed by atoms with Gasteiger partial charge < -0.3 is 10.6 Å². The zero-order valence-electron chi connectivity index (χ0n) is 13.1. The maximum atomic E-state index is 13.3. The van der Waals surface area contributed by atoms with E-state index in [1.807, 2.05) is 6.92 Å². The minimum Gasteiger partial charge on any atom is -0.350 e. The summed E-state index contributed by atoms with van der Waals surface area (Å²) in [5, 5.41) is 6.60. The number of benzene rings is 1. The first-order valence-corrected chi connectivity index (χ1v) is 9.04. The van der Waals surface area contributed by atoms with E-state index in [2.05, 4.69) is 20.6 Å². The van der Waals surface area contributed by atoms with Gasteiger partial charge in [0.25, 0.3) is 5.91 Å². The molecule has 0 aliphatic carbocycles. The van der Waals surface area contributed by atoms with Gasteiger partial charge in [-0.3, -0.25) is 4.79 Å². The van der Waals surface area contributed by atoms with Crippen molar-refractivity contribution in [3.05, 3.63) is 45.8 Å².